The standard InChI is InChI=1S/C19H32O4/c1-6-19(16(20)22-7-2,17(21)23-8-3)12-13-9-10-14-11-15(13)18(14,4)5/h13-15H,6-12H2,1-5H3. The van der Waals surface area contributed by atoms with E-state index in [4.69, 9.17) is 9.47 Å². The Morgan fingerprint density at radius 2 is 1.61 bits per heavy atom. The molecule has 0 aromatic carbocycles. The molecule has 0 saturated heterocycles. The van der Waals surface area contributed by atoms with Gasteiger partial charge in [0, 0.05) is 0 Å². The SMILES string of the molecule is CCOC(=O)C(CC)(CC1CCC2CC1C2(C)C)C(=O)OCC. The van der Waals surface area contributed by atoms with Crippen molar-refractivity contribution in [3.8, 4) is 0 Å². The molecule has 0 aromatic heterocycles. The summed E-state index contributed by atoms with van der Waals surface area (Å²) < 4.78 is 10.5. The van der Waals surface area contributed by atoms with Crippen molar-refractivity contribution in [2.45, 2.75) is 66.7 Å². The lowest BCUT2D eigenvalue weighted by atomic mass is 9.44. The number of fused-ring (bicyclic) bond motifs is 2. The third-order valence-electron chi connectivity index (χ3n) is 6.55. The Morgan fingerprint density at radius 3 is 2.00 bits per heavy atom. The van der Waals surface area contributed by atoms with E-state index in [1.54, 1.807) is 13.8 Å². The van der Waals surface area contributed by atoms with Gasteiger partial charge in [0.05, 0.1) is 13.2 Å². The van der Waals surface area contributed by atoms with Crippen molar-refractivity contribution >= 4 is 11.9 Å². The Balaban J connectivity index is 2.23. The molecule has 132 valence electrons. The molecule has 3 unspecified atom stereocenters. The van der Waals surface area contributed by atoms with Crippen LogP contribution in [0.15, 0.2) is 0 Å². The van der Waals surface area contributed by atoms with E-state index in [1.165, 1.54) is 12.8 Å². The van der Waals surface area contributed by atoms with Crippen molar-refractivity contribution in [3.05, 3.63) is 0 Å². The third-order valence-corrected chi connectivity index (χ3v) is 6.55. The lowest BCUT2D eigenvalue weighted by Crippen LogP contribution is -2.54. The zero-order chi connectivity index (χ0) is 17.3. The normalized spacial score (nSPS) is 28.7. The van der Waals surface area contributed by atoms with Crippen LogP contribution in [0.2, 0.25) is 0 Å². The summed E-state index contributed by atoms with van der Waals surface area (Å²) in [5.74, 6) is 1.02. The average molecular weight is 324 g/mol. The van der Waals surface area contributed by atoms with E-state index in [2.05, 4.69) is 13.8 Å². The number of carbonyl (C=O) groups is 2. The number of hydrogen-bond donors (Lipinski definition) is 0. The molecular formula is C19H32O4. The van der Waals surface area contributed by atoms with Gasteiger partial charge in [-0.1, -0.05) is 20.8 Å². The van der Waals surface area contributed by atoms with Gasteiger partial charge in [0.25, 0.3) is 0 Å². The van der Waals surface area contributed by atoms with Crippen LogP contribution < -0.4 is 0 Å². The van der Waals surface area contributed by atoms with Crippen molar-refractivity contribution < 1.29 is 19.1 Å². The molecule has 4 nitrogen and oxygen atoms in total. The van der Waals surface area contributed by atoms with Crippen molar-refractivity contribution in [1.29, 1.82) is 0 Å². The quantitative estimate of drug-likeness (QED) is 0.525. The second kappa shape index (κ2) is 6.82. The Bertz CT molecular complexity index is 434. The first-order valence-corrected chi connectivity index (χ1v) is 9.17. The predicted molar refractivity (Wildman–Crippen MR) is 88.7 cm³/mol. The third kappa shape index (κ3) is 3.01. The van der Waals surface area contributed by atoms with Gasteiger partial charge in [0.1, 0.15) is 0 Å². The maximum Gasteiger partial charge on any atom is 0.323 e. The highest BCUT2D eigenvalue weighted by Crippen LogP contribution is 2.63. The van der Waals surface area contributed by atoms with Gasteiger partial charge in [-0.3, -0.25) is 9.59 Å². The lowest BCUT2D eigenvalue weighted by Gasteiger charge is -2.61. The molecule has 3 saturated carbocycles. The second-order valence-corrected chi connectivity index (χ2v) is 7.78. The minimum atomic E-state index is -1.13. The fraction of sp³-hybridized carbons (Fsp3) is 0.895. The number of carbonyl (C=O) groups excluding carboxylic acids is 2. The molecule has 0 aromatic rings. The minimum Gasteiger partial charge on any atom is -0.465 e. The summed E-state index contributed by atoms with van der Waals surface area (Å²) in [7, 11) is 0. The number of rotatable bonds is 7. The molecule has 3 aliphatic carbocycles. The van der Waals surface area contributed by atoms with Crippen molar-refractivity contribution in [2.24, 2.45) is 28.6 Å². The first-order chi connectivity index (χ1) is 10.8. The van der Waals surface area contributed by atoms with Gasteiger partial charge < -0.3 is 9.47 Å². The lowest BCUT2D eigenvalue weighted by molar-refractivity contribution is -0.179. The summed E-state index contributed by atoms with van der Waals surface area (Å²) >= 11 is 0. The Morgan fingerprint density at radius 1 is 1.04 bits per heavy atom. The molecule has 2 bridgehead atoms. The average Bonchev–Trinajstić information content (AvgIpc) is 2.52. The molecule has 0 amide bonds. The van der Waals surface area contributed by atoms with Gasteiger partial charge in [-0.25, -0.2) is 0 Å². The molecule has 3 aliphatic rings. The summed E-state index contributed by atoms with van der Waals surface area (Å²) in [5.41, 5.74) is -0.791. The van der Waals surface area contributed by atoms with Crippen LogP contribution in [0, 0.1) is 28.6 Å². The van der Waals surface area contributed by atoms with Crippen molar-refractivity contribution in [3.63, 3.8) is 0 Å². The Kier molecular flexibility index (Phi) is 5.42. The largest absolute Gasteiger partial charge is 0.465 e. The molecule has 0 N–H and O–H groups in total. The highest BCUT2D eigenvalue weighted by molar-refractivity contribution is 6.00. The van der Waals surface area contributed by atoms with Gasteiger partial charge in [-0.2, -0.15) is 0 Å². The molecule has 0 spiro atoms. The molecule has 0 heterocycles. The molecular weight excluding hydrogens is 292 g/mol. The smallest absolute Gasteiger partial charge is 0.323 e. The predicted octanol–water partition coefficient (Wildman–Crippen LogP) is 3.97. The highest BCUT2D eigenvalue weighted by atomic mass is 16.6. The van der Waals surface area contributed by atoms with Crippen LogP contribution in [0.3, 0.4) is 0 Å². The first kappa shape index (κ1) is 18.3. The Hall–Kier alpha value is -1.06. The van der Waals surface area contributed by atoms with E-state index >= 15 is 0 Å². The van der Waals surface area contributed by atoms with Gasteiger partial charge in [0.15, 0.2) is 5.41 Å². The summed E-state index contributed by atoms with van der Waals surface area (Å²) in [4.78, 5) is 25.3. The van der Waals surface area contributed by atoms with Crippen LogP contribution in [-0.2, 0) is 19.1 Å². The van der Waals surface area contributed by atoms with Crippen LogP contribution in [0.5, 0.6) is 0 Å². The summed E-state index contributed by atoms with van der Waals surface area (Å²) in [6.45, 7) is 10.7. The van der Waals surface area contributed by atoms with Gasteiger partial charge in [-0.15, -0.1) is 0 Å². The zero-order valence-corrected chi connectivity index (χ0v) is 15.3. The van der Waals surface area contributed by atoms with Crippen LogP contribution in [0.1, 0.15) is 66.7 Å². The van der Waals surface area contributed by atoms with Crippen LogP contribution in [0.25, 0.3) is 0 Å². The monoisotopic (exact) mass is 324 g/mol. The number of ether oxygens (including phenoxy) is 2. The van der Waals surface area contributed by atoms with Crippen molar-refractivity contribution in [1.82, 2.24) is 0 Å². The highest BCUT2D eigenvalue weighted by Gasteiger charge is 2.58. The van der Waals surface area contributed by atoms with E-state index in [-0.39, 0.29) is 0 Å². The van der Waals surface area contributed by atoms with E-state index in [9.17, 15) is 9.59 Å². The molecule has 0 radical (unpaired) electrons. The van der Waals surface area contributed by atoms with Gasteiger partial charge in [-0.05, 0) is 69.1 Å². The number of esters is 2. The van der Waals surface area contributed by atoms with Crippen LogP contribution >= 0.6 is 0 Å². The second-order valence-electron chi connectivity index (χ2n) is 7.78. The van der Waals surface area contributed by atoms with E-state index in [1.807, 2.05) is 6.92 Å². The molecule has 3 fully saturated rings. The van der Waals surface area contributed by atoms with Crippen LogP contribution in [-0.4, -0.2) is 25.2 Å². The minimum absolute atomic E-state index is 0.293. The maximum absolute atomic E-state index is 12.6. The topological polar surface area (TPSA) is 52.6 Å². The fourth-order valence-corrected chi connectivity index (χ4v) is 4.88. The fourth-order valence-electron chi connectivity index (χ4n) is 4.88. The van der Waals surface area contributed by atoms with Crippen LogP contribution in [0.4, 0.5) is 0 Å². The Labute approximate surface area is 140 Å². The summed E-state index contributed by atoms with van der Waals surface area (Å²) in [6, 6.07) is 0. The van der Waals surface area contributed by atoms with Gasteiger partial charge in [0.2, 0.25) is 0 Å². The summed E-state index contributed by atoms with van der Waals surface area (Å²) in [5, 5.41) is 0. The molecule has 3 rings (SSSR count). The molecule has 0 aliphatic heterocycles. The number of hydrogen-bond acceptors (Lipinski definition) is 4. The van der Waals surface area contributed by atoms with E-state index < -0.39 is 17.4 Å². The first-order valence-electron chi connectivity index (χ1n) is 9.17. The zero-order valence-electron chi connectivity index (χ0n) is 15.3. The maximum atomic E-state index is 12.6. The summed E-state index contributed by atoms with van der Waals surface area (Å²) in [6.07, 6.45) is 4.57. The molecule has 3 atom stereocenters. The van der Waals surface area contributed by atoms with E-state index in [0.717, 1.165) is 12.3 Å². The molecule has 23 heavy (non-hydrogen) atoms. The van der Waals surface area contributed by atoms with E-state index in [0.29, 0.717) is 43.3 Å². The molecule has 4 heteroatoms. The van der Waals surface area contributed by atoms with Gasteiger partial charge >= 0.3 is 11.9 Å². The van der Waals surface area contributed by atoms with Crippen molar-refractivity contribution in [2.75, 3.05) is 13.2 Å².